The van der Waals surface area contributed by atoms with E-state index in [4.69, 9.17) is 14.2 Å². The van der Waals surface area contributed by atoms with Gasteiger partial charge in [0.1, 0.15) is 12.3 Å². The molecule has 7 nitrogen and oxygen atoms in total. The second kappa shape index (κ2) is 8.30. The normalized spacial score (nSPS) is 12.9. The molecule has 2 aromatic rings. The first-order valence-corrected chi connectivity index (χ1v) is 9.01. The number of methoxy groups -OCH3 is 2. The number of anilines is 1. The van der Waals surface area contributed by atoms with Crippen molar-refractivity contribution in [1.29, 1.82) is 0 Å². The van der Waals surface area contributed by atoms with E-state index in [1.165, 1.54) is 4.90 Å². The summed E-state index contributed by atoms with van der Waals surface area (Å²) in [4.78, 5) is 26.0. The third-order valence-electron chi connectivity index (χ3n) is 4.10. The van der Waals surface area contributed by atoms with E-state index in [-0.39, 0.29) is 25.0 Å². The van der Waals surface area contributed by atoms with Crippen LogP contribution < -0.4 is 24.4 Å². The molecule has 1 aliphatic rings. The van der Waals surface area contributed by atoms with Crippen LogP contribution in [0.3, 0.4) is 0 Å². The van der Waals surface area contributed by atoms with E-state index in [1.807, 2.05) is 6.07 Å². The van der Waals surface area contributed by atoms with Gasteiger partial charge in [0.15, 0.2) is 18.1 Å². The summed E-state index contributed by atoms with van der Waals surface area (Å²) in [5, 5.41) is 2.82. The Hall–Kier alpha value is -2.74. The number of nitrogens with zero attached hydrogens (tertiary/aromatic N) is 1. The molecule has 2 aromatic carbocycles. The molecule has 2 amide bonds. The lowest BCUT2D eigenvalue weighted by molar-refractivity contribution is -0.125. The fourth-order valence-corrected chi connectivity index (χ4v) is 3.08. The Labute approximate surface area is 165 Å². The lowest BCUT2D eigenvalue weighted by Crippen LogP contribution is -2.45. The monoisotopic (exact) mass is 434 g/mol. The van der Waals surface area contributed by atoms with Gasteiger partial charge in [-0.3, -0.25) is 14.5 Å². The number of amides is 2. The number of carbonyl (C=O) groups is 2. The van der Waals surface area contributed by atoms with E-state index < -0.39 is 0 Å². The van der Waals surface area contributed by atoms with Crippen LogP contribution in [0.1, 0.15) is 5.56 Å². The minimum absolute atomic E-state index is 0.0793. The van der Waals surface area contributed by atoms with Gasteiger partial charge >= 0.3 is 0 Å². The van der Waals surface area contributed by atoms with Crippen LogP contribution in [-0.4, -0.2) is 39.2 Å². The lowest BCUT2D eigenvalue weighted by atomic mass is 10.2. The van der Waals surface area contributed by atoms with Crippen molar-refractivity contribution >= 4 is 33.4 Å². The number of benzene rings is 2. The summed E-state index contributed by atoms with van der Waals surface area (Å²) >= 11 is 3.37. The molecule has 0 fully saturated rings. The highest BCUT2D eigenvalue weighted by Crippen LogP contribution is 2.34. The first kappa shape index (κ1) is 19.0. The van der Waals surface area contributed by atoms with Crippen molar-refractivity contribution in [2.75, 3.05) is 32.3 Å². The Morgan fingerprint density at radius 1 is 1.19 bits per heavy atom. The molecule has 0 unspecified atom stereocenters. The van der Waals surface area contributed by atoms with Gasteiger partial charge in [-0.15, -0.1) is 0 Å². The van der Waals surface area contributed by atoms with E-state index in [9.17, 15) is 9.59 Å². The topological polar surface area (TPSA) is 77.1 Å². The molecule has 1 aliphatic heterocycles. The van der Waals surface area contributed by atoms with Crippen LogP contribution >= 0.6 is 15.9 Å². The Morgan fingerprint density at radius 3 is 2.70 bits per heavy atom. The Morgan fingerprint density at radius 2 is 1.96 bits per heavy atom. The molecule has 0 radical (unpaired) electrons. The van der Waals surface area contributed by atoms with E-state index in [0.717, 1.165) is 10.0 Å². The summed E-state index contributed by atoms with van der Waals surface area (Å²) in [5.41, 5.74) is 1.44. The number of carbonyl (C=O) groups excluding carboxylic acids is 2. The van der Waals surface area contributed by atoms with Gasteiger partial charge in [-0.2, -0.15) is 0 Å². The maximum Gasteiger partial charge on any atom is 0.265 e. The Bertz CT molecular complexity index is 871. The quantitative estimate of drug-likeness (QED) is 0.755. The molecule has 27 heavy (non-hydrogen) atoms. The van der Waals surface area contributed by atoms with Crippen LogP contribution in [0.15, 0.2) is 40.9 Å². The van der Waals surface area contributed by atoms with Crippen LogP contribution in [0, 0.1) is 0 Å². The molecule has 0 aliphatic carbocycles. The SMILES string of the molecule is COc1ccc(CNC(=O)CN2C(=O)COc3cc(Br)ccc32)cc1OC. The number of hydrogen-bond donors (Lipinski definition) is 1. The van der Waals surface area contributed by atoms with Gasteiger partial charge in [-0.05, 0) is 35.9 Å². The van der Waals surface area contributed by atoms with Crippen LogP contribution in [0.5, 0.6) is 17.2 Å². The predicted octanol–water partition coefficient (Wildman–Crippen LogP) is 2.51. The number of halogens is 1. The Kier molecular flexibility index (Phi) is 5.85. The molecule has 0 saturated heterocycles. The van der Waals surface area contributed by atoms with Gasteiger partial charge in [0.25, 0.3) is 5.91 Å². The maximum atomic E-state index is 12.4. The summed E-state index contributed by atoms with van der Waals surface area (Å²) in [6.07, 6.45) is 0. The molecule has 0 spiro atoms. The smallest absolute Gasteiger partial charge is 0.265 e. The van der Waals surface area contributed by atoms with Crippen molar-refractivity contribution in [1.82, 2.24) is 5.32 Å². The van der Waals surface area contributed by atoms with Crippen molar-refractivity contribution in [3.05, 3.63) is 46.4 Å². The Balaban J connectivity index is 1.65. The van der Waals surface area contributed by atoms with Crippen molar-refractivity contribution < 1.29 is 23.8 Å². The van der Waals surface area contributed by atoms with Crippen LogP contribution in [-0.2, 0) is 16.1 Å². The molecular formula is C19H19BrN2O5. The highest BCUT2D eigenvalue weighted by molar-refractivity contribution is 9.10. The second-order valence-electron chi connectivity index (χ2n) is 5.85. The number of hydrogen-bond acceptors (Lipinski definition) is 5. The van der Waals surface area contributed by atoms with E-state index in [1.54, 1.807) is 44.6 Å². The van der Waals surface area contributed by atoms with Gasteiger partial charge in [-0.1, -0.05) is 22.0 Å². The molecular weight excluding hydrogens is 416 g/mol. The highest BCUT2D eigenvalue weighted by atomic mass is 79.9. The third-order valence-corrected chi connectivity index (χ3v) is 4.60. The fourth-order valence-electron chi connectivity index (χ4n) is 2.74. The molecule has 0 atom stereocenters. The summed E-state index contributed by atoms with van der Waals surface area (Å²) in [6, 6.07) is 10.7. The maximum absolute atomic E-state index is 12.4. The largest absolute Gasteiger partial charge is 0.493 e. The van der Waals surface area contributed by atoms with Gasteiger partial charge in [0.2, 0.25) is 5.91 Å². The van der Waals surface area contributed by atoms with Crippen LogP contribution in [0.25, 0.3) is 0 Å². The van der Waals surface area contributed by atoms with E-state index in [0.29, 0.717) is 29.5 Å². The lowest BCUT2D eigenvalue weighted by Gasteiger charge is -2.29. The predicted molar refractivity (Wildman–Crippen MR) is 103 cm³/mol. The standard InChI is InChI=1S/C19H19BrN2O5/c1-25-15-6-3-12(7-17(15)26-2)9-21-18(23)10-22-14-5-4-13(20)8-16(14)27-11-19(22)24/h3-8H,9-11H2,1-2H3,(H,21,23). The molecule has 1 heterocycles. The molecule has 0 bridgehead atoms. The van der Waals surface area contributed by atoms with Gasteiger partial charge in [-0.25, -0.2) is 0 Å². The highest BCUT2D eigenvalue weighted by Gasteiger charge is 2.27. The second-order valence-corrected chi connectivity index (χ2v) is 6.76. The third kappa shape index (κ3) is 4.33. The summed E-state index contributed by atoms with van der Waals surface area (Å²) < 4.78 is 16.7. The van der Waals surface area contributed by atoms with Gasteiger partial charge in [0, 0.05) is 11.0 Å². The average Bonchev–Trinajstić information content (AvgIpc) is 2.68. The first-order chi connectivity index (χ1) is 13.0. The number of fused-ring (bicyclic) bond motifs is 1. The zero-order valence-electron chi connectivity index (χ0n) is 15.0. The molecule has 1 N–H and O–H groups in total. The van der Waals surface area contributed by atoms with Crippen molar-refractivity contribution in [2.45, 2.75) is 6.54 Å². The number of nitrogens with one attached hydrogen (secondary N) is 1. The minimum Gasteiger partial charge on any atom is -0.493 e. The molecule has 0 aromatic heterocycles. The van der Waals surface area contributed by atoms with Crippen molar-refractivity contribution in [2.24, 2.45) is 0 Å². The summed E-state index contributed by atoms with van der Waals surface area (Å²) in [7, 11) is 3.12. The van der Waals surface area contributed by atoms with E-state index >= 15 is 0 Å². The molecule has 142 valence electrons. The molecule has 0 saturated carbocycles. The fraction of sp³-hybridized carbons (Fsp3) is 0.263. The van der Waals surface area contributed by atoms with Crippen molar-refractivity contribution in [3.8, 4) is 17.2 Å². The average molecular weight is 435 g/mol. The molecule has 3 rings (SSSR count). The first-order valence-electron chi connectivity index (χ1n) is 8.22. The van der Waals surface area contributed by atoms with Gasteiger partial charge in [0.05, 0.1) is 19.9 Å². The number of rotatable bonds is 6. The minimum atomic E-state index is -0.270. The van der Waals surface area contributed by atoms with Crippen LogP contribution in [0.4, 0.5) is 5.69 Å². The van der Waals surface area contributed by atoms with Crippen LogP contribution in [0.2, 0.25) is 0 Å². The number of ether oxygens (including phenoxy) is 3. The summed E-state index contributed by atoms with van der Waals surface area (Å²) in [6.45, 7) is 0.140. The van der Waals surface area contributed by atoms with Gasteiger partial charge < -0.3 is 19.5 Å². The summed E-state index contributed by atoms with van der Waals surface area (Å²) in [5.74, 6) is 1.25. The van der Waals surface area contributed by atoms with E-state index in [2.05, 4.69) is 21.2 Å². The van der Waals surface area contributed by atoms with Crippen molar-refractivity contribution in [3.63, 3.8) is 0 Å². The molecule has 8 heteroatoms. The zero-order chi connectivity index (χ0) is 19.4. The zero-order valence-corrected chi connectivity index (χ0v) is 16.5.